The molecule has 1 atom stereocenters. The molecule has 29 heavy (non-hydrogen) atoms. The van der Waals surface area contributed by atoms with Crippen molar-refractivity contribution < 1.29 is 9.21 Å². The average Bonchev–Trinajstić information content (AvgIpc) is 3.34. The van der Waals surface area contributed by atoms with Gasteiger partial charge in [0, 0.05) is 35.7 Å². The lowest BCUT2D eigenvalue weighted by molar-refractivity contribution is -0.115. The number of anilines is 4. The first-order chi connectivity index (χ1) is 14.1. The number of hydrogen-bond acceptors (Lipinski definition) is 6. The molecule has 0 aliphatic carbocycles. The zero-order valence-electron chi connectivity index (χ0n) is 16.7. The van der Waals surface area contributed by atoms with E-state index in [1.807, 2.05) is 37.3 Å². The van der Waals surface area contributed by atoms with E-state index >= 15 is 0 Å². The Kier molecular flexibility index (Phi) is 5.46. The monoisotopic (exact) mass is 391 g/mol. The molecule has 1 aliphatic rings. The van der Waals surface area contributed by atoms with E-state index in [1.165, 1.54) is 12.8 Å². The van der Waals surface area contributed by atoms with Gasteiger partial charge in [0.15, 0.2) is 0 Å². The van der Waals surface area contributed by atoms with Crippen LogP contribution in [0.3, 0.4) is 0 Å². The predicted octanol–water partition coefficient (Wildman–Crippen LogP) is 4.29. The highest BCUT2D eigenvalue weighted by molar-refractivity contribution is 5.92. The second-order valence-electron chi connectivity index (χ2n) is 7.39. The van der Waals surface area contributed by atoms with E-state index in [1.54, 1.807) is 18.4 Å². The number of nitrogens with one attached hydrogen (secondary N) is 2. The minimum Gasteiger partial charge on any atom is -0.469 e. The topological polar surface area (TPSA) is 83.3 Å². The Hall–Kier alpha value is -3.35. The number of nitrogens with zero attached hydrogens (tertiary/aromatic N) is 3. The van der Waals surface area contributed by atoms with Crippen molar-refractivity contribution in [3.8, 4) is 0 Å². The molecule has 3 heterocycles. The van der Waals surface area contributed by atoms with Crippen LogP contribution in [0, 0.1) is 6.92 Å². The lowest BCUT2D eigenvalue weighted by Crippen LogP contribution is -2.28. The normalized spacial score (nSPS) is 16.1. The first kappa shape index (κ1) is 19.0. The molecule has 1 unspecified atom stereocenters. The van der Waals surface area contributed by atoms with Gasteiger partial charge in [-0.3, -0.25) is 4.79 Å². The van der Waals surface area contributed by atoms with Crippen molar-refractivity contribution in [3.05, 3.63) is 60.2 Å². The lowest BCUT2D eigenvalue weighted by atomic mass is 10.2. The van der Waals surface area contributed by atoms with Gasteiger partial charge in [0.25, 0.3) is 0 Å². The van der Waals surface area contributed by atoms with Crippen LogP contribution in [0.5, 0.6) is 0 Å². The van der Waals surface area contributed by atoms with Gasteiger partial charge in [-0.2, -0.15) is 4.98 Å². The average molecular weight is 391 g/mol. The van der Waals surface area contributed by atoms with Gasteiger partial charge in [0.1, 0.15) is 11.6 Å². The molecule has 1 fully saturated rings. The standard InChI is InChI=1S/C22H25N5O2/c1-15-13-20(26-22(23-15)27-11-3-5-16(27)2)24-17-7-9-18(10-8-17)25-21(28)14-19-6-4-12-29-19/h4,6-10,12-13,16H,3,5,11,14H2,1-2H3,(H,25,28)(H,23,24,26). The Morgan fingerprint density at radius 3 is 2.69 bits per heavy atom. The molecule has 4 rings (SSSR count). The van der Waals surface area contributed by atoms with E-state index in [0.717, 1.165) is 35.4 Å². The van der Waals surface area contributed by atoms with Crippen LogP contribution < -0.4 is 15.5 Å². The zero-order valence-corrected chi connectivity index (χ0v) is 16.7. The minimum atomic E-state index is -0.114. The van der Waals surface area contributed by atoms with Gasteiger partial charge < -0.3 is 20.0 Å². The van der Waals surface area contributed by atoms with Crippen LogP contribution in [0.1, 0.15) is 31.2 Å². The number of aryl methyl sites for hydroxylation is 1. The molecule has 0 saturated carbocycles. The van der Waals surface area contributed by atoms with Gasteiger partial charge in [0.2, 0.25) is 11.9 Å². The number of amides is 1. The van der Waals surface area contributed by atoms with Crippen LogP contribution in [0.15, 0.2) is 53.1 Å². The maximum absolute atomic E-state index is 12.1. The highest BCUT2D eigenvalue weighted by Crippen LogP contribution is 2.25. The summed E-state index contributed by atoms with van der Waals surface area (Å²) < 4.78 is 5.20. The van der Waals surface area contributed by atoms with Gasteiger partial charge >= 0.3 is 0 Å². The lowest BCUT2D eigenvalue weighted by Gasteiger charge is -2.22. The molecule has 0 bridgehead atoms. The molecule has 2 aromatic heterocycles. The van der Waals surface area contributed by atoms with Crippen LogP contribution in [0.2, 0.25) is 0 Å². The summed E-state index contributed by atoms with van der Waals surface area (Å²) >= 11 is 0. The van der Waals surface area contributed by atoms with Gasteiger partial charge in [-0.25, -0.2) is 4.98 Å². The van der Waals surface area contributed by atoms with Crippen molar-refractivity contribution in [3.63, 3.8) is 0 Å². The highest BCUT2D eigenvalue weighted by atomic mass is 16.3. The van der Waals surface area contributed by atoms with Crippen molar-refractivity contribution in [2.45, 2.75) is 39.2 Å². The van der Waals surface area contributed by atoms with Crippen molar-refractivity contribution in [1.82, 2.24) is 9.97 Å². The summed E-state index contributed by atoms with van der Waals surface area (Å²) in [6.07, 6.45) is 4.13. The summed E-state index contributed by atoms with van der Waals surface area (Å²) in [7, 11) is 0. The van der Waals surface area contributed by atoms with Crippen LogP contribution in [-0.2, 0) is 11.2 Å². The number of carbonyl (C=O) groups excluding carboxylic acids is 1. The molecular weight excluding hydrogens is 366 g/mol. The largest absolute Gasteiger partial charge is 0.469 e. The molecular formula is C22H25N5O2. The fraction of sp³-hybridized carbons (Fsp3) is 0.318. The third-order valence-corrected chi connectivity index (χ3v) is 5.01. The zero-order chi connectivity index (χ0) is 20.2. The molecule has 0 radical (unpaired) electrons. The molecule has 1 aromatic carbocycles. The van der Waals surface area contributed by atoms with Crippen LogP contribution in [0.4, 0.5) is 23.1 Å². The van der Waals surface area contributed by atoms with Crippen molar-refractivity contribution in [1.29, 1.82) is 0 Å². The summed E-state index contributed by atoms with van der Waals surface area (Å²) in [6.45, 7) is 5.19. The Balaban J connectivity index is 1.41. The molecule has 2 N–H and O–H groups in total. The Labute approximate surface area is 170 Å². The van der Waals surface area contributed by atoms with Gasteiger partial charge in [-0.1, -0.05) is 0 Å². The first-order valence-electron chi connectivity index (χ1n) is 9.88. The van der Waals surface area contributed by atoms with Crippen molar-refractivity contribution >= 4 is 29.0 Å². The fourth-order valence-corrected chi connectivity index (χ4v) is 3.54. The molecule has 1 saturated heterocycles. The van der Waals surface area contributed by atoms with Gasteiger partial charge in [0.05, 0.1) is 12.7 Å². The van der Waals surface area contributed by atoms with E-state index in [-0.39, 0.29) is 12.3 Å². The Morgan fingerprint density at radius 2 is 2.00 bits per heavy atom. The molecule has 0 spiro atoms. The summed E-state index contributed by atoms with van der Waals surface area (Å²) in [5.41, 5.74) is 2.56. The molecule has 1 amide bonds. The smallest absolute Gasteiger partial charge is 0.231 e. The number of aromatic nitrogens is 2. The fourth-order valence-electron chi connectivity index (χ4n) is 3.54. The maximum Gasteiger partial charge on any atom is 0.231 e. The number of hydrogen-bond donors (Lipinski definition) is 2. The Bertz CT molecular complexity index is 969. The van der Waals surface area contributed by atoms with E-state index in [9.17, 15) is 4.79 Å². The van der Waals surface area contributed by atoms with Crippen LogP contribution >= 0.6 is 0 Å². The number of rotatable bonds is 6. The van der Waals surface area contributed by atoms with Crippen molar-refractivity contribution in [2.24, 2.45) is 0 Å². The number of carbonyl (C=O) groups is 1. The summed E-state index contributed by atoms with van der Waals surface area (Å²) in [4.78, 5) is 23.6. The summed E-state index contributed by atoms with van der Waals surface area (Å²) in [6, 6.07) is 13.5. The molecule has 1 aliphatic heterocycles. The SMILES string of the molecule is Cc1cc(Nc2ccc(NC(=O)Cc3ccco3)cc2)nc(N2CCCC2C)n1. The quantitative estimate of drug-likeness (QED) is 0.652. The molecule has 3 aromatic rings. The third-order valence-electron chi connectivity index (χ3n) is 5.01. The molecule has 150 valence electrons. The second-order valence-corrected chi connectivity index (χ2v) is 7.39. The predicted molar refractivity (Wildman–Crippen MR) is 114 cm³/mol. The molecule has 7 nitrogen and oxygen atoms in total. The van der Waals surface area contributed by atoms with E-state index in [4.69, 9.17) is 9.40 Å². The summed E-state index contributed by atoms with van der Waals surface area (Å²) in [5, 5.41) is 6.21. The van der Waals surface area contributed by atoms with Crippen molar-refractivity contribution in [2.75, 3.05) is 22.1 Å². The van der Waals surface area contributed by atoms with Gasteiger partial charge in [-0.15, -0.1) is 0 Å². The number of furan rings is 1. The van der Waals surface area contributed by atoms with E-state index in [0.29, 0.717) is 11.8 Å². The molecule has 7 heteroatoms. The van der Waals surface area contributed by atoms with Gasteiger partial charge in [-0.05, 0) is 63.1 Å². The van der Waals surface area contributed by atoms with Crippen LogP contribution in [-0.4, -0.2) is 28.5 Å². The second kappa shape index (κ2) is 8.34. The van der Waals surface area contributed by atoms with E-state index < -0.39 is 0 Å². The summed E-state index contributed by atoms with van der Waals surface area (Å²) in [5.74, 6) is 2.07. The Morgan fingerprint density at radius 1 is 1.21 bits per heavy atom. The highest BCUT2D eigenvalue weighted by Gasteiger charge is 2.23. The first-order valence-corrected chi connectivity index (χ1v) is 9.88. The third kappa shape index (κ3) is 4.74. The minimum absolute atomic E-state index is 0.114. The maximum atomic E-state index is 12.1. The number of benzene rings is 1. The van der Waals surface area contributed by atoms with Crippen LogP contribution in [0.25, 0.3) is 0 Å². The van der Waals surface area contributed by atoms with E-state index in [2.05, 4.69) is 27.4 Å².